The van der Waals surface area contributed by atoms with Crippen LogP contribution in [0.3, 0.4) is 0 Å². The largest absolute Gasteiger partial charge is 0.374 e. The Morgan fingerprint density at radius 2 is 2.08 bits per heavy atom. The lowest BCUT2D eigenvalue weighted by Crippen LogP contribution is -2.22. The molecule has 76 valence electrons. The molecule has 0 aliphatic heterocycles. The minimum atomic E-state index is -1.39. The number of ether oxygens (including phenoxy) is 1. The van der Waals surface area contributed by atoms with Crippen LogP contribution in [0.2, 0.25) is 0 Å². The minimum Gasteiger partial charge on any atom is -0.374 e. The van der Waals surface area contributed by atoms with Crippen molar-refractivity contribution in [1.82, 2.24) is 0 Å². The molecular formula is C10H17FO2. The maximum Gasteiger partial charge on any atom is 0.155 e. The zero-order valence-electron chi connectivity index (χ0n) is 8.52. The van der Waals surface area contributed by atoms with E-state index in [0.29, 0.717) is 5.57 Å². The third-order valence-electron chi connectivity index (χ3n) is 1.91. The molecule has 1 atom stereocenters. The zero-order valence-corrected chi connectivity index (χ0v) is 8.52. The van der Waals surface area contributed by atoms with Crippen molar-refractivity contribution in [3.63, 3.8) is 0 Å². The average Bonchev–Trinajstić information content (AvgIpc) is 1.97. The molecule has 0 fully saturated rings. The molecule has 0 aliphatic rings. The van der Waals surface area contributed by atoms with Crippen LogP contribution in [0, 0.1) is 0 Å². The van der Waals surface area contributed by atoms with Gasteiger partial charge in [0.2, 0.25) is 0 Å². The summed E-state index contributed by atoms with van der Waals surface area (Å²) in [5.41, 5.74) is -0.907. The highest BCUT2D eigenvalue weighted by Gasteiger charge is 2.23. The quantitative estimate of drug-likeness (QED) is 0.472. The van der Waals surface area contributed by atoms with E-state index in [1.54, 1.807) is 6.92 Å². The molecule has 0 spiro atoms. The SMILES string of the molecule is C=C(C)C(C)(F)CCOCC(C)=O. The fourth-order valence-corrected chi connectivity index (χ4v) is 0.693. The first-order chi connectivity index (χ1) is 5.86. The maximum atomic E-state index is 13.5. The molecule has 0 aliphatic carbocycles. The summed E-state index contributed by atoms with van der Waals surface area (Å²) < 4.78 is 18.4. The summed E-state index contributed by atoms with van der Waals surface area (Å²) in [4.78, 5) is 10.5. The van der Waals surface area contributed by atoms with Gasteiger partial charge >= 0.3 is 0 Å². The number of rotatable bonds is 6. The normalized spacial score (nSPS) is 15.1. The Morgan fingerprint density at radius 3 is 2.46 bits per heavy atom. The van der Waals surface area contributed by atoms with Crippen molar-refractivity contribution in [2.45, 2.75) is 32.9 Å². The molecule has 3 heteroatoms. The summed E-state index contributed by atoms with van der Waals surface area (Å²) in [6, 6.07) is 0. The molecule has 0 aromatic carbocycles. The van der Waals surface area contributed by atoms with Crippen molar-refractivity contribution < 1.29 is 13.9 Å². The molecule has 0 radical (unpaired) electrons. The fraction of sp³-hybridized carbons (Fsp3) is 0.700. The molecule has 13 heavy (non-hydrogen) atoms. The second-order valence-electron chi connectivity index (χ2n) is 3.48. The van der Waals surface area contributed by atoms with E-state index in [1.165, 1.54) is 13.8 Å². The first kappa shape index (κ1) is 12.3. The number of hydrogen-bond acceptors (Lipinski definition) is 2. The Kier molecular flexibility index (Phi) is 4.85. The van der Waals surface area contributed by atoms with Gasteiger partial charge in [-0.15, -0.1) is 0 Å². The predicted molar refractivity (Wildman–Crippen MR) is 50.4 cm³/mol. The fourth-order valence-electron chi connectivity index (χ4n) is 0.693. The number of hydrogen-bond donors (Lipinski definition) is 0. The van der Waals surface area contributed by atoms with Crippen molar-refractivity contribution in [1.29, 1.82) is 0 Å². The Balaban J connectivity index is 3.64. The Labute approximate surface area is 78.8 Å². The number of carbonyl (C=O) groups excluding carboxylic acids is 1. The van der Waals surface area contributed by atoms with E-state index < -0.39 is 5.67 Å². The van der Waals surface area contributed by atoms with Crippen molar-refractivity contribution in [2.24, 2.45) is 0 Å². The highest BCUT2D eigenvalue weighted by atomic mass is 19.1. The van der Waals surface area contributed by atoms with Gasteiger partial charge in [-0.25, -0.2) is 4.39 Å². The van der Waals surface area contributed by atoms with Crippen LogP contribution in [0.25, 0.3) is 0 Å². The lowest BCUT2D eigenvalue weighted by atomic mass is 9.97. The number of Topliss-reactive ketones (excluding diaryl/α,β-unsaturated/α-hetero) is 1. The summed E-state index contributed by atoms with van der Waals surface area (Å²) in [6.45, 7) is 8.40. The Morgan fingerprint density at radius 1 is 1.54 bits per heavy atom. The van der Waals surface area contributed by atoms with E-state index in [1.807, 2.05) is 0 Å². The lowest BCUT2D eigenvalue weighted by molar-refractivity contribution is -0.121. The van der Waals surface area contributed by atoms with Crippen LogP contribution in [0.4, 0.5) is 4.39 Å². The number of carbonyl (C=O) groups is 1. The van der Waals surface area contributed by atoms with Gasteiger partial charge in [0.05, 0.1) is 6.61 Å². The van der Waals surface area contributed by atoms with Crippen LogP contribution in [-0.2, 0) is 9.53 Å². The van der Waals surface area contributed by atoms with Gasteiger partial charge in [-0.3, -0.25) is 4.79 Å². The van der Waals surface area contributed by atoms with E-state index in [4.69, 9.17) is 4.74 Å². The number of halogens is 1. The van der Waals surface area contributed by atoms with Gasteiger partial charge in [0, 0.05) is 6.42 Å². The minimum absolute atomic E-state index is 0.0455. The van der Waals surface area contributed by atoms with E-state index in [2.05, 4.69) is 6.58 Å². The predicted octanol–water partition coefficient (Wildman–Crippen LogP) is 2.29. The van der Waals surface area contributed by atoms with Crippen LogP contribution in [0.5, 0.6) is 0 Å². The van der Waals surface area contributed by atoms with Crippen molar-refractivity contribution >= 4 is 5.78 Å². The molecule has 0 bridgehead atoms. The van der Waals surface area contributed by atoms with Gasteiger partial charge in [-0.1, -0.05) is 6.58 Å². The molecule has 1 unspecified atom stereocenters. The van der Waals surface area contributed by atoms with E-state index in [0.717, 1.165) is 0 Å². The van der Waals surface area contributed by atoms with Gasteiger partial charge in [-0.05, 0) is 26.3 Å². The van der Waals surface area contributed by atoms with Crippen LogP contribution in [0.1, 0.15) is 27.2 Å². The van der Waals surface area contributed by atoms with Gasteiger partial charge in [-0.2, -0.15) is 0 Å². The van der Waals surface area contributed by atoms with E-state index in [9.17, 15) is 9.18 Å². The van der Waals surface area contributed by atoms with Crippen LogP contribution < -0.4 is 0 Å². The summed E-state index contributed by atoms with van der Waals surface area (Å²) in [6.07, 6.45) is 0.246. The van der Waals surface area contributed by atoms with Gasteiger partial charge in [0.25, 0.3) is 0 Å². The third-order valence-corrected chi connectivity index (χ3v) is 1.91. The molecule has 0 aromatic rings. The summed E-state index contributed by atoms with van der Waals surface area (Å²) in [5.74, 6) is -0.0455. The average molecular weight is 188 g/mol. The molecule has 0 aromatic heterocycles. The molecule has 0 N–H and O–H groups in total. The third kappa shape index (κ3) is 5.53. The van der Waals surface area contributed by atoms with E-state index in [-0.39, 0.29) is 25.4 Å². The Bertz CT molecular complexity index is 197. The smallest absolute Gasteiger partial charge is 0.155 e. The number of alkyl halides is 1. The van der Waals surface area contributed by atoms with E-state index >= 15 is 0 Å². The topological polar surface area (TPSA) is 26.3 Å². The highest BCUT2D eigenvalue weighted by Crippen LogP contribution is 2.23. The zero-order chi connectivity index (χ0) is 10.5. The first-order valence-corrected chi connectivity index (χ1v) is 4.28. The van der Waals surface area contributed by atoms with Crippen molar-refractivity contribution in [3.8, 4) is 0 Å². The van der Waals surface area contributed by atoms with Crippen molar-refractivity contribution in [3.05, 3.63) is 12.2 Å². The second-order valence-corrected chi connectivity index (χ2v) is 3.48. The Hall–Kier alpha value is -0.700. The molecule has 0 saturated heterocycles. The molecular weight excluding hydrogens is 171 g/mol. The first-order valence-electron chi connectivity index (χ1n) is 4.28. The van der Waals surface area contributed by atoms with Gasteiger partial charge in [0.15, 0.2) is 5.78 Å². The van der Waals surface area contributed by atoms with Crippen LogP contribution in [-0.4, -0.2) is 24.7 Å². The molecule has 2 nitrogen and oxygen atoms in total. The van der Waals surface area contributed by atoms with Crippen molar-refractivity contribution in [2.75, 3.05) is 13.2 Å². The summed E-state index contributed by atoms with van der Waals surface area (Å²) in [7, 11) is 0. The van der Waals surface area contributed by atoms with Gasteiger partial charge < -0.3 is 4.74 Å². The highest BCUT2D eigenvalue weighted by molar-refractivity contribution is 5.76. The monoisotopic (exact) mass is 188 g/mol. The molecule has 0 amide bonds. The number of allylic oxidation sites excluding steroid dienone is 1. The van der Waals surface area contributed by atoms with Crippen LogP contribution in [0.15, 0.2) is 12.2 Å². The summed E-state index contributed by atoms with van der Waals surface area (Å²) in [5, 5.41) is 0. The molecule has 0 saturated carbocycles. The van der Waals surface area contributed by atoms with Gasteiger partial charge in [0.1, 0.15) is 12.3 Å². The maximum absolute atomic E-state index is 13.5. The standard InChI is InChI=1S/C10H17FO2/c1-8(2)10(4,11)5-6-13-7-9(3)12/h1,5-7H2,2-4H3. The summed E-state index contributed by atoms with van der Waals surface area (Å²) >= 11 is 0. The molecule has 0 rings (SSSR count). The molecule has 0 heterocycles. The number of ketones is 1. The lowest BCUT2D eigenvalue weighted by Gasteiger charge is -2.19. The second kappa shape index (κ2) is 5.12. The van der Waals surface area contributed by atoms with Crippen LogP contribution >= 0.6 is 0 Å².